The number of fused-ring (bicyclic) bond motifs is 1. The van der Waals surface area contributed by atoms with Crippen molar-refractivity contribution in [1.29, 1.82) is 0 Å². The maximum absolute atomic E-state index is 13.6. The van der Waals surface area contributed by atoms with Gasteiger partial charge in [-0.25, -0.2) is 9.99 Å². The number of carbonyl (C=O) groups is 1. The molecule has 2 heterocycles. The van der Waals surface area contributed by atoms with E-state index in [2.05, 4.69) is 23.2 Å². The molecule has 0 N–H and O–H groups in total. The van der Waals surface area contributed by atoms with Crippen LogP contribution < -0.4 is 9.47 Å². The fourth-order valence-electron chi connectivity index (χ4n) is 4.81. The van der Waals surface area contributed by atoms with E-state index in [0.29, 0.717) is 4.88 Å². The zero-order chi connectivity index (χ0) is 23.7. The van der Waals surface area contributed by atoms with Gasteiger partial charge in [0.1, 0.15) is 16.4 Å². The van der Waals surface area contributed by atoms with E-state index in [9.17, 15) is 4.79 Å². The van der Waals surface area contributed by atoms with Crippen molar-refractivity contribution in [1.82, 2.24) is 9.99 Å². The van der Waals surface area contributed by atoms with E-state index in [1.807, 2.05) is 43.3 Å². The number of benzene rings is 2. The highest BCUT2D eigenvalue weighted by atomic mass is 32.1. The molecule has 0 unspecified atom stereocenters. The van der Waals surface area contributed by atoms with E-state index >= 15 is 0 Å². The molecular weight excluding hydrogens is 446 g/mol. The van der Waals surface area contributed by atoms with Crippen molar-refractivity contribution in [3.05, 3.63) is 81.3 Å². The minimum absolute atomic E-state index is 0.0912. The molecule has 0 bridgehead atoms. The first kappa shape index (κ1) is 22.3. The number of hydrogen-bond donors (Lipinski definition) is 0. The third-order valence-corrected chi connectivity index (χ3v) is 7.48. The van der Waals surface area contributed by atoms with E-state index < -0.39 is 0 Å². The number of rotatable bonds is 5. The Kier molecular flexibility index (Phi) is 6.20. The van der Waals surface area contributed by atoms with Crippen molar-refractivity contribution in [3.8, 4) is 11.5 Å². The molecule has 3 aromatic rings. The Morgan fingerprint density at radius 1 is 1.06 bits per heavy atom. The molecule has 1 fully saturated rings. The fourth-order valence-corrected chi connectivity index (χ4v) is 5.55. The third kappa shape index (κ3) is 4.12. The lowest BCUT2D eigenvalue weighted by atomic mass is 9.77. The molecule has 2 aromatic carbocycles. The van der Waals surface area contributed by atoms with Crippen LogP contribution in [-0.2, 0) is 0 Å². The molecule has 1 saturated carbocycles. The van der Waals surface area contributed by atoms with Crippen LogP contribution in [0, 0.1) is 12.8 Å². The molecule has 5 rings (SSSR count). The lowest BCUT2D eigenvalue weighted by Gasteiger charge is -2.29. The second kappa shape index (κ2) is 9.43. The van der Waals surface area contributed by atoms with E-state index in [1.165, 1.54) is 16.9 Å². The van der Waals surface area contributed by atoms with Gasteiger partial charge in [0.25, 0.3) is 5.91 Å². The molecule has 1 aliphatic carbocycles. The van der Waals surface area contributed by atoms with Gasteiger partial charge in [0.05, 0.1) is 37.2 Å². The summed E-state index contributed by atoms with van der Waals surface area (Å²) >= 11 is 1.37. The smallest absolute Gasteiger partial charge is 0.286 e. The van der Waals surface area contributed by atoms with Crippen LogP contribution in [0.15, 0.2) is 64.7 Å². The topological polar surface area (TPSA) is 64.0 Å². The van der Waals surface area contributed by atoms with Gasteiger partial charge in [-0.05, 0) is 73.2 Å². The van der Waals surface area contributed by atoms with Gasteiger partial charge in [0, 0.05) is 5.92 Å². The van der Waals surface area contributed by atoms with E-state index in [1.54, 1.807) is 24.7 Å². The highest BCUT2D eigenvalue weighted by Gasteiger charge is 2.44. The molecule has 0 saturated heterocycles. The Balaban J connectivity index is 1.55. The second-order valence-electron chi connectivity index (χ2n) is 8.56. The fraction of sp³-hybridized carbons (Fsp3) is 0.296. The van der Waals surface area contributed by atoms with Crippen LogP contribution >= 0.6 is 11.3 Å². The number of thiazole rings is 1. The standard InChI is InChI=1S/C27H27N3O3S/c1-17-26(34-16-28-17)27(31)30-25(19-9-13-22(33-3)14-10-19)23-6-4-5-20(24(23)29-30)15-18-7-11-21(32-2)12-8-18/h7-16,23,25H,4-6H2,1-3H3/b20-15-/t23-,25-/m1/s1. The number of amides is 1. The second-order valence-corrected chi connectivity index (χ2v) is 9.42. The van der Waals surface area contributed by atoms with Crippen molar-refractivity contribution >= 4 is 29.0 Å². The number of allylic oxidation sites excluding steroid dienone is 1. The number of ether oxygens (including phenoxy) is 2. The summed E-state index contributed by atoms with van der Waals surface area (Å²) in [6.45, 7) is 1.87. The molecule has 2 aliphatic rings. The summed E-state index contributed by atoms with van der Waals surface area (Å²) in [6.07, 6.45) is 5.18. The summed E-state index contributed by atoms with van der Waals surface area (Å²) in [5, 5.41) is 6.66. The van der Waals surface area contributed by atoms with Crippen LogP contribution in [-0.4, -0.2) is 35.8 Å². The van der Waals surface area contributed by atoms with Crippen molar-refractivity contribution in [2.24, 2.45) is 11.0 Å². The summed E-state index contributed by atoms with van der Waals surface area (Å²) in [5.41, 5.74) is 6.83. The normalized spacial score (nSPS) is 20.7. The van der Waals surface area contributed by atoms with E-state index in [-0.39, 0.29) is 17.9 Å². The van der Waals surface area contributed by atoms with Gasteiger partial charge in [-0.1, -0.05) is 24.3 Å². The predicted octanol–water partition coefficient (Wildman–Crippen LogP) is 5.91. The van der Waals surface area contributed by atoms with Crippen LogP contribution in [0.1, 0.15) is 51.8 Å². The third-order valence-electron chi connectivity index (χ3n) is 6.56. The van der Waals surface area contributed by atoms with Crippen molar-refractivity contribution in [3.63, 3.8) is 0 Å². The number of carbonyl (C=O) groups excluding carboxylic acids is 1. The quantitative estimate of drug-likeness (QED) is 0.462. The number of hydrazone groups is 1. The van der Waals surface area contributed by atoms with E-state index in [0.717, 1.165) is 53.3 Å². The monoisotopic (exact) mass is 473 g/mol. The first-order valence-corrected chi connectivity index (χ1v) is 12.3. The van der Waals surface area contributed by atoms with Crippen molar-refractivity contribution < 1.29 is 14.3 Å². The van der Waals surface area contributed by atoms with Crippen LogP contribution in [0.4, 0.5) is 0 Å². The highest BCUT2D eigenvalue weighted by molar-refractivity contribution is 7.11. The first-order chi connectivity index (χ1) is 16.6. The highest BCUT2D eigenvalue weighted by Crippen LogP contribution is 2.45. The summed E-state index contributed by atoms with van der Waals surface area (Å²) in [5.74, 6) is 1.68. The zero-order valence-corrected chi connectivity index (χ0v) is 20.3. The summed E-state index contributed by atoms with van der Waals surface area (Å²) in [4.78, 5) is 18.6. The van der Waals surface area contributed by atoms with Gasteiger partial charge in [0.15, 0.2) is 0 Å². The molecule has 2 atom stereocenters. The van der Waals surface area contributed by atoms with Crippen LogP contribution in [0.5, 0.6) is 11.5 Å². The molecule has 6 nitrogen and oxygen atoms in total. The number of nitrogens with zero attached hydrogens (tertiary/aromatic N) is 3. The Bertz CT molecular complexity index is 1240. The molecule has 1 amide bonds. The number of aromatic nitrogens is 1. The predicted molar refractivity (Wildman–Crippen MR) is 135 cm³/mol. The Morgan fingerprint density at radius 3 is 2.35 bits per heavy atom. The molecule has 0 radical (unpaired) electrons. The van der Waals surface area contributed by atoms with Crippen LogP contribution in [0.3, 0.4) is 0 Å². The summed E-state index contributed by atoms with van der Waals surface area (Å²) in [6, 6.07) is 15.9. The van der Waals surface area contributed by atoms with Gasteiger partial charge in [-0.2, -0.15) is 5.10 Å². The molecular formula is C27H27N3O3S. The van der Waals surface area contributed by atoms with E-state index in [4.69, 9.17) is 14.6 Å². The molecule has 7 heteroatoms. The molecule has 1 aromatic heterocycles. The molecule has 34 heavy (non-hydrogen) atoms. The summed E-state index contributed by atoms with van der Waals surface area (Å²) < 4.78 is 10.6. The minimum Gasteiger partial charge on any atom is -0.497 e. The van der Waals surface area contributed by atoms with Gasteiger partial charge in [0.2, 0.25) is 0 Å². The number of hydrogen-bond acceptors (Lipinski definition) is 6. The molecule has 174 valence electrons. The summed E-state index contributed by atoms with van der Waals surface area (Å²) in [7, 11) is 3.33. The molecule has 0 spiro atoms. The lowest BCUT2D eigenvalue weighted by molar-refractivity contribution is 0.0685. The number of methoxy groups -OCH3 is 2. The SMILES string of the molecule is COc1ccc(/C=C2/CCC[C@@H]3C2=NN(C(=O)c2scnc2C)[C@@H]3c2ccc(OC)cc2)cc1. The Morgan fingerprint density at radius 2 is 1.74 bits per heavy atom. The van der Waals surface area contributed by atoms with Gasteiger partial charge in [-0.15, -0.1) is 11.3 Å². The van der Waals surface area contributed by atoms with Crippen molar-refractivity contribution in [2.75, 3.05) is 14.2 Å². The van der Waals surface area contributed by atoms with Crippen molar-refractivity contribution in [2.45, 2.75) is 32.2 Å². The zero-order valence-electron chi connectivity index (χ0n) is 19.5. The Labute approximate surface area is 203 Å². The van der Waals surface area contributed by atoms with Gasteiger partial charge >= 0.3 is 0 Å². The average Bonchev–Trinajstić information content (AvgIpc) is 3.48. The number of aryl methyl sites for hydroxylation is 1. The minimum atomic E-state index is -0.158. The average molecular weight is 474 g/mol. The first-order valence-electron chi connectivity index (χ1n) is 11.4. The van der Waals surface area contributed by atoms with Gasteiger partial charge in [-0.3, -0.25) is 4.79 Å². The largest absolute Gasteiger partial charge is 0.497 e. The van der Waals surface area contributed by atoms with Crippen LogP contribution in [0.25, 0.3) is 6.08 Å². The maximum Gasteiger partial charge on any atom is 0.286 e. The molecule has 1 aliphatic heterocycles. The Hall–Kier alpha value is -3.45. The lowest BCUT2D eigenvalue weighted by Crippen LogP contribution is -2.31. The maximum atomic E-state index is 13.6. The van der Waals surface area contributed by atoms with Gasteiger partial charge < -0.3 is 9.47 Å². The van der Waals surface area contributed by atoms with Crippen LogP contribution in [0.2, 0.25) is 0 Å².